The Morgan fingerprint density at radius 1 is 1.26 bits per heavy atom. The minimum atomic E-state index is -0.523. The first kappa shape index (κ1) is 12.8. The number of phenolic OH excluding ortho intramolecular Hbond substituents is 2. The van der Waals surface area contributed by atoms with E-state index in [-0.39, 0.29) is 23.3 Å². The van der Waals surface area contributed by atoms with Gasteiger partial charge in [-0.05, 0) is 18.2 Å². The van der Waals surface area contributed by atoms with E-state index in [1.807, 2.05) is 0 Å². The fraction of sp³-hybridized carbons (Fsp3) is 0.182. The molecule has 0 radical (unpaired) electrons. The summed E-state index contributed by atoms with van der Waals surface area (Å²) in [6.45, 7) is 0. The van der Waals surface area contributed by atoms with Gasteiger partial charge in [0.2, 0.25) is 5.95 Å². The van der Waals surface area contributed by atoms with Crippen molar-refractivity contribution in [2.75, 3.05) is 12.1 Å². The Kier molecular flexibility index (Phi) is 3.09. The maximum Gasteiger partial charge on any atom is 0.352 e. The van der Waals surface area contributed by atoms with Crippen molar-refractivity contribution in [1.29, 1.82) is 0 Å². The van der Waals surface area contributed by atoms with Crippen LogP contribution in [0.3, 0.4) is 0 Å². The van der Waals surface area contributed by atoms with Gasteiger partial charge in [0.15, 0.2) is 11.5 Å². The Morgan fingerprint density at radius 2 is 1.95 bits per heavy atom. The quantitative estimate of drug-likeness (QED) is 0.382. The van der Waals surface area contributed by atoms with Crippen LogP contribution in [0.15, 0.2) is 23.0 Å². The third-order valence-electron chi connectivity index (χ3n) is 2.56. The average molecular weight is 263 g/mol. The van der Waals surface area contributed by atoms with Crippen LogP contribution in [-0.4, -0.2) is 31.8 Å². The van der Waals surface area contributed by atoms with E-state index in [1.165, 1.54) is 36.9 Å². The monoisotopic (exact) mass is 263 g/mol. The molecule has 8 heteroatoms. The molecule has 0 amide bonds. The van der Waals surface area contributed by atoms with Crippen LogP contribution in [0, 0.1) is 0 Å². The van der Waals surface area contributed by atoms with Gasteiger partial charge in [-0.1, -0.05) is 0 Å². The SMILES string of the molecule is CN(N)c1nc(-c2ccc(O)c(O)c2)n(C)c(=O)n1. The second-order valence-electron chi connectivity index (χ2n) is 4.00. The molecule has 1 aromatic heterocycles. The molecule has 0 bridgehead atoms. The second kappa shape index (κ2) is 4.58. The van der Waals surface area contributed by atoms with Crippen LogP contribution in [0.1, 0.15) is 0 Å². The van der Waals surface area contributed by atoms with Gasteiger partial charge in [0.1, 0.15) is 5.82 Å². The van der Waals surface area contributed by atoms with Crippen LogP contribution in [0.2, 0.25) is 0 Å². The molecule has 2 aromatic rings. The van der Waals surface area contributed by atoms with Gasteiger partial charge in [-0.2, -0.15) is 9.97 Å². The molecular weight excluding hydrogens is 250 g/mol. The van der Waals surface area contributed by atoms with Crippen molar-refractivity contribution in [2.45, 2.75) is 0 Å². The number of anilines is 1. The fourth-order valence-corrected chi connectivity index (χ4v) is 1.52. The number of hydrogen-bond acceptors (Lipinski definition) is 7. The molecule has 0 aliphatic rings. The van der Waals surface area contributed by atoms with Crippen LogP contribution in [0.5, 0.6) is 11.5 Å². The lowest BCUT2D eigenvalue weighted by molar-refractivity contribution is 0.404. The third kappa shape index (κ3) is 2.33. The van der Waals surface area contributed by atoms with Gasteiger partial charge >= 0.3 is 5.69 Å². The highest BCUT2D eigenvalue weighted by Gasteiger charge is 2.12. The summed E-state index contributed by atoms with van der Waals surface area (Å²) in [6.07, 6.45) is 0. The number of benzene rings is 1. The van der Waals surface area contributed by atoms with Gasteiger partial charge in [-0.25, -0.2) is 10.6 Å². The number of nitrogens with zero attached hydrogens (tertiary/aromatic N) is 4. The lowest BCUT2D eigenvalue weighted by atomic mass is 10.2. The summed E-state index contributed by atoms with van der Waals surface area (Å²) in [7, 11) is 3.01. The van der Waals surface area contributed by atoms with Gasteiger partial charge in [-0.15, -0.1) is 0 Å². The van der Waals surface area contributed by atoms with Crippen molar-refractivity contribution < 1.29 is 10.2 Å². The number of hydrazine groups is 1. The molecule has 0 unspecified atom stereocenters. The van der Waals surface area contributed by atoms with Crippen molar-refractivity contribution in [3.63, 3.8) is 0 Å². The molecule has 4 N–H and O–H groups in total. The molecule has 0 spiro atoms. The lowest BCUT2D eigenvalue weighted by Gasteiger charge is -2.13. The summed E-state index contributed by atoms with van der Waals surface area (Å²) >= 11 is 0. The predicted molar refractivity (Wildman–Crippen MR) is 68.6 cm³/mol. The van der Waals surface area contributed by atoms with E-state index in [0.29, 0.717) is 5.56 Å². The van der Waals surface area contributed by atoms with Crippen LogP contribution in [0.4, 0.5) is 5.95 Å². The van der Waals surface area contributed by atoms with Crippen molar-refractivity contribution >= 4 is 5.95 Å². The summed E-state index contributed by atoms with van der Waals surface area (Å²) in [6, 6.07) is 4.14. The lowest BCUT2D eigenvalue weighted by Crippen LogP contribution is -2.32. The average Bonchev–Trinajstić information content (AvgIpc) is 2.35. The smallest absolute Gasteiger partial charge is 0.352 e. The molecule has 0 aliphatic carbocycles. The van der Waals surface area contributed by atoms with Crippen molar-refractivity contribution in [2.24, 2.45) is 12.9 Å². The summed E-state index contributed by atoms with van der Waals surface area (Å²) in [4.78, 5) is 19.5. The molecule has 19 heavy (non-hydrogen) atoms. The standard InChI is InChI=1S/C11H13N5O3/c1-15-9(6-3-4-7(17)8(18)5-6)13-10(16(2)12)14-11(15)19/h3-5,17-18H,12H2,1-2H3. The fourth-order valence-electron chi connectivity index (χ4n) is 1.52. The summed E-state index contributed by atoms with van der Waals surface area (Å²) < 4.78 is 1.22. The highest BCUT2D eigenvalue weighted by molar-refractivity contribution is 5.61. The molecular formula is C11H13N5O3. The minimum Gasteiger partial charge on any atom is -0.504 e. The normalized spacial score (nSPS) is 10.5. The highest BCUT2D eigenvalue weighted by Crippen LogP contribution is 2.29. The molecule has 0 atom stereocenters. The van der Waals surface area contributed by atoms with E-state index in [2.05, 4.69) is 9.97 Å². The zero-order valence-electron chi connectivity index (χ0n) is 10.4. The first-order chi connectivity index (χ1) is 8.90. The van der Waals surface area contributed by atoms with Crippen molar-refractivity contribution in [3.8, 4) is 22.9 Å². The van der Waals surface area contributed by atoms with E-state index < -0.39 is 5.69 Å². The first-order valence-corrected chi connectivity index (χ1v) is 5.36. The molecule has 2 rings (SSSR count). The number of rotatable bonds is 2. The number of aromatic hydroxyl groups is 2. The van der Waals surface area contributed by atoms with E-state index in [9.17, 15) is 15.0 Å². The van der Waals surface area contributed by atoms with Crippen LogP contribution >= 0.6 is 0 Å². The number of phenols is 2. The Labute approximate surface area is 108 Å². The summed E-state index contributed by atoms with van der Waals surface area (Å²) in [5.74, 6) is 5.29. The largest absolute Gasteiger partial charge is 0.504 e. The van der Waals surface area contributed by atoms with Gasteiger partial charge in [0, 0.05) is 19.7 Å². The Morgan fingerprint density at radius 3 is 2.53 bits per heavy atom. The topological polar surface area (TPSA) is 117 Å². The Balaban J connectivity index is 2.67. The van der Waals surface area contributed by atoms with Crippen molar-refractivity contribution in [1.82, 2.24) is 14.5 Å². The molecule has 1 aromatic carbocycles. The Hall–Kier alpha value is -2.61. The Bertz CT molecular complexity index is 681. The van der Waals surface area contributed by atoms with Crippen LogP contribution < -0.4 is 16.5 Å². The number of nitrogens with two attached hydrogens (primary N) is 1. The molecule has 100 valence electrons. The van der Waals surface area contributed by atoms with E-state index in [4.69, 9.17) is 5.84 Å². The minimum absolute atomic E-state index is 0.0608. The van der Waals surface area contributed by atoms with Gasteiger partial charge in [0.05, 0.1) is 0 Å². The van der Waals surface area contributed by atoms with Crippen molar-refractivity contribution in [3.05, 3.63) is 28.7 Å². The highest BCUT2D eigenvalue weighted by atomic mass is 16.3. The van der Waals surface area contributed by atoms with Crippen LogP contribution in [0.25, 0.3) is 11.4 Å². The molecule has 0 fully saturated rings. The maximum atomic E-state index is 11.7. The molecule has 1 heterocycles. The van der Waals surface area contributed by atoms with Gasteiger partial charge in [-0.3, -0.25) is 9.58 Å². The van der Waals surface area contributed by atoms with E-state index in [0.717, 1.165) is 5.01 Å². The molecule has 0 saturated heterocycles. The maximum absolute atomic E-state index is 11.7. The predicted octanol–water partition coefficient (Wildman–Crippen LogP) is -0.437. The van der Waals surface area contributed by atoms with E-state index >= 15 is 0 Å². The zero-order chi connectivity index (χ0) is 14.2. The second-order valence-corrected chi connectivity index (χ2v) is 4.00. The molecule has 0 aliphatic heterocycles. The molecule has 0 saturated carbocycles. The van der Waals surface area contributed by atoms with E-state index in [1.54, 1.807) is 0 Å². The van der Waals surface area contributed by atoms with Crippen LogP contribution in [-0.2, 0) is 7.05 Å². The summed E-state index contributed by atoms with van der Waals surface area (Å²) in [5, 5.41) is 19.9. The zero-order valence-corrected chi connectivity index (χ0v) is 10.4. The summed E-state index contributed by atoms with van der Waals surface area (Å²) in [5.41, 5.74) is -0.0646. The molecule has 8 nitrogen and oxygen atoms in total. The number of hydrogen-bond donors (Lipinski definition) is 3. The van der Waals surface area contributed by atoms with Gasteiger partial charge in [0.25, 0.3) is 0 Å². The number of aromatic nitrogens is 3. The first-order valence-electron chi connectivity index (χ1n) is 5.36. The third-order valence-corrected chi connectivity index (χ3v) is 2.56. The van der Waals surface area contributed by atoms with Gasteiger partial charge < -0.3 is 10.2 Å².